The molecule has 1 heterocycles. The maximum Gasteiger partial charge on any atom is 0.343 e. The van der Waals surface area contributed by atoms with Gasteiger partial charge in [-0.3, -0.25) is 14.2 Å². The lowest BCUT2D eigenvalue weighted by Crippen LogP contribution is -2.37. The van der Waals surface area contributed by atoms with E-state index in [0.29, 0.717) is 24.2 Å². The Bertz CT molecular complexity index is 931. The number of hydrogen-bond donors (Lipinski definition) is 3. The van der Waals surface area contributed by atoms with E-state index in [4.69, 9.17) is 0 Å². The molecule has 1 atom stereocenters. The van der Waals surface area contributed by atoms with Crippen LogP contribution in [-0.2, 0) is 16.1 Å². The molecule has 1 aromatic heterocycles. The van der Waals surface area contributed by atoms with Gasteiger partial charge in [-0.05, 0) is 25.5 Å². The quantitative estimate of drug-likeness (QED) is 0.447. The Morgan fingerprint density at radius 2 is 2.00 bits per heavy atom. The van der Waals surface area contributed by atoms with Crippen molar-refractivity contribution in [2.75, 3.05) is 11.9 Å². The molecule has 0 radical (unpaired) electrons. The Morgan fingerprint density at radius 3 is 2.68 bits per heavy atom. The van der Waals surface area contributed by atoms with E-state index >= 15 is 0 Å². The van der Waals surface area contributed by atoms with Gasteiger partial charge in [0.1, 0.15) is 0 Å². The molecule has 12 heteroatoms. The second-order valence-corrected chi connectivity index (χ2v) is 7.02. The number of carbonyl (C=O) groups is 2. The Labute approximate surface area is 161 Å². The van der Waals surface area contributed by atoms with Crippen LogP contribution in [0.15, 0.2) is 22.1 Å². The first-order valence-electron chi connectivity index (χ1n) is 8.27. The average molecular weight is 417 g/mol. The van der Waals surface area contributed by atoms with Crippen molar-refractivity contribution in [1.82, 2.24) is 20.1 Å². The van der Waals surface area contributed by atoms with Gasteiger partial charge in [-0.1, -0.05) is 18.7 Å². The molecule has 152 valence electrons. The summed E-state index contributed by atoms with van der Waals surface area (Å²) in [6.45, 7) is 3.37. The lowest BCUT2D eigenvalue weighted by atomic mass is 10.2. The number of hydrogen-bond acceptors (Lipinski definition) is 5. The average Bonchev–Trinajstić information content (AvgIpc) is 3.00. The molecular formula is C16H18F3N5O3S. The van der Waals surface area contributed by atoms with Gasteiger partial charge in [-0.2, -0.15) is 0 Å². The third-order valence-corrected chi connectivity index (χ3v) is 4.64. The number of benzene rings is 1. The summed E-state index contributed by atoms with van der Waals surface area (Å²) in [5.41, 5.74) is -0.925. The molecule has 1 aromatic carbocycles. The molecule has 8 nitrogen and oxygen atoms in total. The van der Waals surface area contributed by atoms with E-state index in [2.05, 4.69) is 15.5 Å². The highest BCUT2D eigenvalue weighted by molar-refractivity contribution is 8.00. The number of aromatic nitrogens is 3. The second-order valence-electron chi connectivity index (χ2n) is 5.71. The predicted octanol–water partition coefficient (Wildman–Crippen LogP) is 1.63. The number of amides is 2. The van der Waals surface area contributed by atoms with Crippen molar-refractivity contribution >= 4 is 29.3 Å². The topological polar surface area (TPSA) is 109 Å². The zero-order valence-electron chi connectivity index (χ0n) is 15.0. The summed E-state index contributed by atoms with van der Waals surface area (Å²) in [6, 6.07) is 1.54. The van der Waals surface area contributed by atoms with E-state index in [1.54, 1.807) is 6.92 Å². The fourth-order valence-electron chi connectivity index (χ4n) is 2.15. The van der Waals surface area contributed by atoms with Gasteiger partial charge in [0, 0.05) is 6.54 Å². The lowest BCUT2D eigenvalue weighted by Gasteiger charge is -2.12. The summed E-state index contributed by atoms with van der Waals surface area (Å²) in [6.07, 6.45) is 0.703. The fourth-order valence-corrected chi connectivity index (χ4v) is 3.06. The number of nitrogens with one attached hydrogen (secondary N) is 3. The molecule has 0 aliphatic heterocycles. The van der Waals surface area contributed by atoms with Gasteiger partial charge in [-0.25, -0.2) is 23.1 Å². The monoisotopic (exact) mass is 417 g/mol. The minimum absolute atomic E-state index is 0.336. The Balaban J connectivity index is 1.90. The number of halogens is 3. The molecule has 1 unspecified atom stereocenters. The Kier molecular flexibility index (Phi) is 7.26. The minimum Gasteiger partial charge on any atom is -0.346 e. The normalized spacial score (nSPS) is 11.9. The van der Waals surface area contributed by atoms with Crippen molar-refractivity contribution in [2.24, 2.45) is 0 Å². The zero-order valence-corrected chi connectivity index (χ0v) is 15.8. The molecular weight excluding hydrogens is 399 g/mol. The molecule has 0 aliphatic carbocycles. The van der Waals surface area contributed by atoms with Crippen molar-refractivity contribution in [3.05, 3.63) is 40.1 Å². The van der Waals surface area contributed by atoms with Gasteiger partial charge in [0.25, 0.3) is 0 Å². The highest BCUT2D eigenvalue weighted by atomic mass is 32.2. The molecule has 0 fully saturated rings. The molecule has 0 bridgehead atoms. The van der Waals surface area contributed by atoms with Gasteiger partial charge in [0.15, 0.2) is 22.6 Å². The largest absolute Gasteiger partial charge is 0.346 e. The third kappa shape index (κ3) is 5.15. The molecule has 28 heavy (non-hydrogen) atoms. The van der Waals surface area contributed by atoms with Crippen LogP contribution in [0.4, 0.5) is 18.9 Å². The summed E-state index contributed by atoms with van der Waals surface area (Å²) in [4.78, 5) is 35.6. The van der Waals surface area contributed by atoms with Crippen molar-refractivity contribution < 1.29 is 22.8 Å². The smallest absolute Gasteiger partial charge is 0.343 e. The number of H-pyrrole nitrogens is 1. The van der Waals surface area contributed by atoms with Crippen LogP contribution in [0.3, 0.4) is 0 Å². The fraction of sp³-hybridized carbons (Fsp3) is 0.375. The number of nitrogens with zero attached hydrogens (tertiary/aromatic N) is 2. The van der Waals surface area contributed by atoms with Crippen molar-refractivity contribution in [3.63, 3.8) is 0 Å². The maximum absolute atomic E-state index is 13.5. The van der Waals surface area contributed by atoms with Crippen molar-refractivity contribution in [2.45, 2.75) is 37.2 Å². The Hall–Kier alpha value is -2.76. The molecule has 0 spiro atoms. The van der Waals surface area contributed by atoms with E-state index in [-0.39, 0.29) is 5.69 Å². The molecule has 0 aliphatic rings. The molecule has 0 saturated heterocycles. The van der Waals surface area contributed by atoms with E-state index in [9.17, 15) is 27.6 Å². The molecule has 2 aromatic rings. The first kappa shape index (κ1) is 21.5. The van der Waals surface area contributed by atoms with Crippen LogP contribution in [0.5, 0.6) is 0 Å². The van der Waals surface area contributed by atoms with Gasteiger partial charge in [0.05, 0.1) is 17.5 Å². The second kappa shape index (κ2) is 9.44. The number of aromatic amines is 1. The SMILES string of the molecule is CCCn1c(SC(C)C(=O)NCC(=O)Nc2ccc(F)c(F)c2F)n[nH]c1=O. The van der Waals surface area contributed by atoms with Crippen LogP contribution in [-0.4, -0.2) is 38.4 Å². The van der Waals surface area contributed by atoms with Crippen LogP contribution >= 0.6 is 11.8 Å². The number of thioether (sulfide) groups is 1. The highest BCUT2D eigenvalue weighted by Gasteiger charge is 2.20. The van der Waals surface area contributed by atoms with Gasteiger partial charge < -0.3 is 10.6 Å². The van der Waals surface area contributed by atoms with Crippen molar-refractivity contribution in [1.29, 1.82) is 0 Å². The number of carbonyl (C=O) groups excluding carboxylic acids is 2. The first-order chi connectivity index (χ1) is 13.2. The molecule has 2 rings (SSSR count). The van der Waals surface area contributed by atoms with Crippen LogP contribution in [0.1, 0.15) is 20.3 Å². The van der Waals surface area contributed by atoms with Gasteiger partial charge in [-0.15, -0.1) is 5.10 Å². The summed E-state index contributed by atoms with van der Waals surface area (Å²) in [7, 11) is 0. The van der Waals surface area contributed by atoms with Crippen molar-refractivity contribution in [3.8, 4) is 0 Å². The molecule has 2 amide bonds. The Morgan fingerprint density at radius 1 is 1.29 bits per heavy atom. The standard InChI is InChI=1S/C16H18F3N5O3S/c1-3-6-24-15(27)22-23-16(24)28-8(2)14(26)20-7-11(25)21-10-5-4-9(17)12(18)13(10)19/h4-5,8H,3,6-7H2,1-2H3,(H,20,26)(H,21,25)(H,22,27). The number of rotatable bonds is 8. The minimum atomic E-state index is -1.70. The third-order valence-electron chi connectivity index (χ3n) is 3.55. The highest BCUT2D eigenvalue weighted by Crippen LogP contribution is 2.21. The van der Waals surface area contributed by atoms with E-state index in [1.165, 1.54) is 4.57 Å². The maximum atomic E-state index is 13.5. The van der Waals surface area contributed by atoms with Crippen LogP contribution in [0.2, 0.25) is 0 Å². The summed E-state index contributed by atoms with van der Waals surface area (Å²) in [5, 5.41) is 10.2. The van der Waals surface area contributed by atoms with E-state index in [1.807, 2.05) is 12.2 Å². The first-order valence-corrected chi connectivity index (χ1v) is 9.15. The molecule has 3 N–H and O–H groups in total. The number of anilines is 1. The summed E-state index contributed by atoms with van der Waals surface area (Å²) in [5.74, 6) is -5.96. The molecule has 0 saturated carbocycles. The lowest BCUT2D eigenvalue weighted by molar-refractivity contribution is -0.123. The van der Waals surface area contributed by atoms with E-state index in [0.717, 1.165) is 17.8 Å². The van der Waals surface area contributed by atoms with Gasteiger partial charge in [0.2, 0.25) is 11.8 Å². The van der Waals surface area contributed by atoms with Crippen LogP contribution in [0.25, 0.3) is 0 Å². The van der Waals surface area contributed by atoms with E-state index < -0.39 is 46.7 Å². The van der Waals surface area contributed by atoms with Crippen LogP contribution in [0, 0.1) is 17.5 Å². The van der Waals surface area contributed by atoms with Gasteiger partial charge >= 0.3 is 5.69 Å². The predicted molar refractivity (Wildman–Crippen MR) is 96.4 cm³/mol. The van der Waals surface area contributed by atoms with Crippen LogP contribution < -0.4 is 16.3 Å². The zero-order chi connectivity index (χ0) is 20.8. The summed E-state index contributed by atoms with van der Waals surface area (Å²) < 4.78 is 41.0. The summed E-state index contributed by atoms with van der Waals surface area (Å²) >= 11 is 1.03.